The SMILES string of the molecule is CNc1cc(-c2ccc3cc(C#N)cnn23)ncc1-c1nnc(C2CCC(CN3CCN(c4ccc([C@H]5CCC(=O)NC5=O)cn4)CC3)CC2)s1. The number of imide groups is 1. The zero-order chi connectivity index (χ0) is 34.9. The van der Waals surface area contributed by atoms with Gasteiger partial charge in [-0.2, -0.15) is 10.4 Å². The van der Waals surface area contributed by atoms with E-state index in [1.807, 2.05) is 49.6 Å². The maximum absolute atomic E-state index is 12.2. The fourth-order valence-corrected chi connectivity index (χ4v) is 8.69. The summed E-state index contributed by atoms with van der Waals surface area (Å²) in [6.45, 7) is 5.01. The van der Waals surface area contributed by atoms with Gasteiger partial charge in [-0.3, -0.25) is 24.8 Å². The Balaban J connectivity index is 0.834. The molecule has 7 heterocycles. The van der Waals surface area contributed by atoms with E-state index in [1.165, 1.54) is 12.8 Å². The van der Waals surface area contributed by atoms with Gasteiger partial charge in [0.15, 0.2) is 5.01 Å². The molecule has 5 aromatic rings. The van der Waals surface area contributed by atoms with E-state index < -0.39 is 0 Å². The number of amides is 2. The van der Waals surface area contributed by atoms with Crippen LogP contribution in [0.3, 0.4) is 0 Å². The summed E-state index contributed by atoms with van der Waals surface area (Å²) in [7, 11) is 1.90. The first-order valence-corrected chi connectivity index (χ1v) is 18.4. The Morgan fingerprint density at radius 2 is 1.80 bits per heavy atom. The van der Waals surface area contributed by atoms with Gasteiger partial charge in [-0.25, -0.2) is 9.50 Å². The van der Waals surface area contributed by atoms with Crippen LogP contribution in [-0.2, 0) is 9.59 Å². The molecule has 0 radical (unpaired) electrons. The highest BCUT2D eigenvalue weighted by molar-refractivity contribution is 7.14. The molecule has 13 nitrogen and oxygen atoms in total. The molecule has 0 unspecified atom stereocenters. The predicted molar refractivity (Wildman–Crippen MR) is 194 cm³/mol. The average molecular weight is 702 g/mol. The van der Waals surface area contributed by atoms with Gasteiger partial charge in [0.2, 0.25) is 11.8 Å². The minimum absolute atomic E-state index is 0.197. The summed E-state index contributed by atoms with van der Waals surface area (Å²) in [5.41, 5.74) is 5.72. The number of carbonyl (C=O) groups excluding carboxylic acids is 2. The Hall–Kier alpha value is -5.26. The van der Waals surface area contributed by atoms with Gasteiger partial charge in [0.05, 0.1) is 40.1 Å². The zero-order valence-electron chi connectivity index (χ0n) is 28.5. The molecule has 2 saturated heterocycles. The standard InChI is InChI=1S/C37H39N11O2S/c1-39-30-17-31(32-9-7-27-16-24(18-38)19-42-48(27)32)40-21-29(30)37-45-44-36(51-37)25-4-2-23(3-5-25)22-46-12-14-47(15-13-46)33-10-6-26(20-41-33)28-8-11-34(49)43-35(28)50/h6-7,9-10,16-17,19-21,23,25,28H,2-5,8,11-15,22H2,1H3,(H,39,40)(H,43,49,50)/t23?,25?,28-/m1/s1. The Kier molecular flexibility index (Phi) is 9.14. The van der Waals surface area contributed by atoms with Gasteiger partial charge in [0, 0.05) is 70.2 Å². The number of aromatic nitrogens is 6. The molecule has 1 aliphatic carbocycles. The Morgan fingerprint density at radius 3 is 2.55 bits per heavy atom. The molecule has 2 aliphatic heterocycles. The van der Waals surface area contributed by atoms with Crippen molar-refractivity contribution in [1.29, 1.82) is 5.26 Å². The van der Waals surface area contributed by atoms with Crippen molar-refractivity contribution in [2.45, 2.75) is 50.4 Å². The molecule has 2 N–H and O–H groups in total. The molecule has 5 aromatic heterocycles. The highest BCUT2D eigenvalue weighted by atomic mass is 32.1. The highest BCUT2D eigenvalue weighted by Crippen LogP contribution is 2.40. The van der Waals surface area contributed by atoms with Crippen LogP contribution in [0.2, 0.25) is 0 Å². The first kappa shape index (κ1) is 32.9. The first-order chi connectivity index (χ1) is 24.9. The third-order valence-corrected chi connectivity index (χ3v) is 11.7. The minimum Gasteiger partial charge on any atom is -0.387 e. The van der Waals surface area contributed by atoms with Crippen LogP contribution >= 0.6 is 11.3 Å². The largest absolute Gasteiger partial charge is 0.387 e. The summed E-state index contributed by atoms with van der Waals surface area (Å²) >= 11 is 1.67. The number of rotatable bonds is 8. The minimum atomic E-state index is -0.302. The monoisotopic (exact) mass is 701 g/mol. The van der Waals surface area contributed by atoms with E-state index in [2.05, 4.69) is 46.8 Å². The number of piperidine rings is 1. The van der Waals surface area contributed by atoms with Crippen molar-refractivity contribution in [2.24, 2.45) is 5.92 Å². The normalized spacial score (nSPS) is 21.4. The molecule has 260 valence electrons. The number of carbonyl (C=O) groups is 2. The van der Waals surface area contributed by atoms with Gasteiger partial charge in [0.25, 0.3) is 0 Å². The van der Waals surface area contributed by atoms with Crippen molar-refractivity contribution in [3.63, 3.8) is 0 Å². The van der Waals surface area contributed by atoms with E-state index in [9.17, 15) is 14.9 Å². The molecule has 1 saturated carbocycles. The smallest absolute Gasteiger partial charge is 0.234 e. The fraction of sp³-hybridized carbons (Fsp3) is 0.405. The molecule has 0 bridgehead atoms. The molecule has 3 fully saturated rings. The predicted octanol–water partition coefficient (Wildman–Crippen LogP) is 4.84. The number of nitrogens with zero attached hydrogens (tertiary/aromatic N) is 9. The number of piperazine rings is 1. The fourth-order valence-electron chi connectivity index (χ4n) is 7.65. The van der Waals surface area contributed by atoms with E-state index in [0.717, 1.165) is 95.1 Å². The molecule has 0 spiro atoms. The lowest BCUT2D eigenvalue weighted by Gasteiger charge is -2.38. The summed E-state index contributed by atoms with van der Waals surface area (Å²) in [5, 5.41) is 30.6. The van der Waals surface area contributed by atoms with Crippen molar-refractivity contribution in [1.82, 2.24) is 40.0 Å². The van der Waals surface area contributed by atoms with Crippen molar-refractivity contribution >= 4 is 40.2 Å². The van der Waals surface area contributed by atoms with Gasteiger partial charge in [-0.05, 0) is 73.9 Å². The van der Waals surface area contributed by atoms with Gasteiger partial charge in [-0.1, -0.05) is 17.4 Å². The summed E-state index contributed by atoms with van der Waals surface area (Å²) in [4.78, 5) is 38.1. The van der Waals surface area contributed by atoms with E-state index in [4.69, 9.17) is 4.98 Å². The van der Waals surface area contributed by atoms with E-state index in [-0.39, 0.29) is 17.7 Å². The van der Waals surface area contributed by atoms with Crippen LogP contribution in [0.4, 0.5) is 11.5 Å². The lowest BCUT2D eigenvalue weighted by molar-refractivity contribution is -0.134. The lowest BCUT2D eigenvalue weighted by atomic mass is 9.82. The summed E-state index contributed by atoms with van der Waals surface area (Å²) in [5.74, 6) is 1.34. The van der Waals surface area contributed by atoms with E-state index >= 15 is 0 Å². The average Bonchev–Trinajstić information content (AvgIpc) is 3.83. The molecule has 1 atom stereocenters. The number of anilines is 2. The van der Waals surface area contributed by atoms with Gasteiger partial charge in [-0.15, -0.1) is 10.2 Å². The summed E-state index contributed by atoms with van der Waals surface area (Å²) in [6, 6.07) is 13.9. The van der Waals surface area contributed by atoms with Crippen LogP contribution in [0.5, 0.6) is 0 Å². The quantitative estimate of drug-likeness (QED) is 0.213. The van der Waals surface area contributed by atoms with Crippen LogP contribution < -0.4 is 15.5 Å². The molecule has 3 aliphatic rings. The molecular weight excluding hydrogens is 663 g/mol. The van der Waals surface area contributed by atoms with E-state index in [1.54, 1.807) is 28.2 Å². The maximum atomic E-state index is 12.2. The zero-order valence-corrected chi connectivity index (χ0v) is 29.3. The molecule has 14 heteroatoms. The number of hydrogen-bond donors (Lipinski definition) is 2. The second kappa shape index (κ2) is 14.2. The molecular formula is C37H39N11O2S. The lowest BCUT2D eigenvalue weighted by Crippen LogP contribution is -2.48. The molecule has 8 rings (SSSR count). The topological polar surface area (TPSA) is 157 Å². The second-order valence-corrected chi connectivity index (χ2v) is 14.7. The first-order valence-electron chi connectivity index (χ1n) is 17.6. The number of nitriles is 1. The Labute approximate surface area is 299 Å². The van der Waals surface area contributed by atoms with Crippen molar-refractivity contribution < 1.29 is 9.59 Å². The summed E-state index contributed by atoms with van der Waals surface area (Å²) < 4.78 is 1.80. The van der Waals surface area contributed by atoms with Crippen LogP contribution in [0.15, 0.2) is 55.0 Å². The molecule has 0 aromatic carbocycles. The van der Waals surface area contributed by atoms with Gasteiger partial charge < -0.3 is 10.2 Å². The van der Waals surface area contributed by atoms with Crippen molar-refractivity contribution in [3.05, 3.63) is 71.1 Å². The van der Waals surface area contributed by atoms with Crippen LogP contribution in [0, 0.1) is 17.2 Å². The van der Waals surface area contributed by atoms with Crippen molar-refractivity contribution in [3.8, 4) is 28.0 Å². The molecule has 51 heavy (non-hydrogen) atoms. The van der Waals surface area contributed by atoms with Gasteiger partial charge in [0.1, 0.15) is 16.9 Å². The highest BCUT2D eigenvalue weighted by Gasteiger charge is 2.30. The maximum Gasteiger partial charge on any atom is 0.234 e. The number of hydrogen-bond acceptors (Lipinski definition) is 12. The second-order valence-electron chi connectivity index (χ2n) is 13.7. The Morgan fingerprint density at radius 1 is 0.961 bits per heavy atom. The van der Waals surface area contributed by atoms with Crippen LogP contribution in [0.25, 0.3) is 27.5 Å². The number of nitrogens with one attached hydrogen (secondary N) is 2. The third-order valence-electron chi connectivity index (χ3n) is 10.6. The number of fused-ring (bicyclic) bond motifs is 1. The van der Waals surface area contributed by atoms with Gasteiger partial charge >= 0.3 is 0 Å². The van der Waals surface area contributed by atoms with Crippen molar-refractivity contribution in [2.75, 3.05) is 50.0 Å². The Bertz CT molecular complexity index is 2100. The molecule has 2 amide bonds. The van der Waals surface area contributed by atoms with Crippen LogP contribution in [-0.4, -0.2) is 86.3 Å². The number of pyridine rings is 2. The summed E-state index contributed by atoms with van der Waals surface area (Å²) in [6.07, 6.45) is 10.8. The third kappa shape index (κ3) is 6.79. The van der Waals surface area contributed by atoms with Crippen LogP contribution in [0.1, 0.15) is 66.5 Å². The van der Waals surface area contributed by atoms with E-state index in [0.29, 0.717) is 30.2 Å².